The third-order valence-corrected chi connectivity index (χ3v) is 0.625. The van der Waals surface area contributed by atoms with Crippen LogP contribution in [0.5, 0.6) is 0 Å². The number of carbonyl (C=O) groups is 1. The monoisotopic (exact) mass is 132 g/mol. The number of esters is 1. The predicted molar refractivity (Wildman–Crippen MR) is 37.1 cm³/mol. The molecular weight excluding hydrogens is 125 g/mol. The molecule has 4 heteroatoms. The molecule has 0 aliphatic rings. The van der Waals surface area contributed by atoms with Crippen LogP contribution in [0.4, 0.5) is 0 Å². The Morgan fingerprint density at radius 2 is 2.40 bits per heavy atom. The van der Waals surface area contributed by atoms with Crippen molar-refractivity contribution in [3.63, 3.8) is 0 Å². The average molecular weight is 132 g/mol. The van der Waals surface area contributed by atoms with Crippen LogP contribution in [0, 0.1) is 11.3 Å². The number of ether oxygens (including phenoxy) is 1. The fourth-order valence-electron chi connectivity index (χ4n) is 0.256. The van der Waals surface area contributed by atoms with Crippen LogP contribution in [0.15, 0.2) is 12.7 Å². The van der Waals surface area contributed by atoms with Gasteiger partial charge in [0, 0.05) is 24.9 Å². The number of nitrogens with zero attached hydrogens (tertiary/aromatic N) is 1. The van der Waals surface area contributed by atoms with Crippen molar-refractivity contribution in [2.45, 2.75) is 6.42 Å². The van der Waals surface area contributed by atoms with E-state index in [0.717, 1.165) is 6.08 Å². The molecule has 0 unspecified atom stereocenters. The Morgan fingerprint density at radius 3 is 2.80 bits per heavy atom. The van der Waals surface area contributed by atoms with Crippen molar-refractivity contribution >= 4 is 24.8 Å². The largest absolute Gasteiger partial charge is 0.461 e. The molecule has 0 aliphatic carbocycles. The first-order valence-electron chi connectivity index (χ1n) is 2.47. The molecule has 49 valence electrons. The molecule has 3 nitrogen and oxygen atoms in total. The fraction of sp³-hybridized carbons (Fsp3) is 0.333. The number of rotatable bonds is 3. The summed E-state index contributed by atoms with van der Waals surface area (Å²) in [7, 11) is 0. The van der Waals surface area contributed by atoms with Gasteiger partial charge in [-0.3, -0.25) is 0 Å². The van der Waals surface area contributed by atoms with Crippen LogP contribution in [0.1, 0.15) is 6.42 Å². The minimum Gasteiger partial charge on any atom is -0.461 e. The molecule has 0 heterocycles. The van der Waals surface area contributed by atoms with Crippen molar-refractivity contribution < 1.29 is 9.53 Å². The summed E-state index contributed by atoms with van der Waals surface area (Å²) >= 11 is 0. The van der Waals surface area contributed by atoms with Crippen molar-refractivity contribution in [1.29, 1.82) is 5.26 Å². The van der Waals surface area contributed by atoms with Gasteiger partial charge in [0.2, 0.25) is 0 Å². The van der Waals surface area contributed by atoms with Crippen LogP contribution in [-0.2, 0) is 9.53 Å². The summed E-state index contributed by atoms with van der Waals surface area (Å²) in [5.74, 6) is -0.481. The van der Waals surface area contributed by atoms with E-state index in [1.165, 1.54) is 0 Å². The third-order valence-electron chi connectivity index (χ3n) is 0.625. The second-order valence-corrected chi connectivity index (χ2v) is 1.28. The van der Waals surface area contributed by atoms with Crippen LogP contribution in [0.25, 0.3) is 0 Å². The summed E-state index contributed by atoms with van der Waals surface area (Å²) in [4.78, 5) is 10.2. The van der Waals surface area contributed by atoms with Gasteiger partial charge in [-0.15, -0.1) is 0 Å². The quantitative estimate of drug-likeness (QED) is 0.239. The van der Waals surface area contributed by atoms with Crippen molar-refractivity contribution in [1.82, 2.24) is 0 Å². The normalized spacial score (nSPS) is 6.70. The van der Waals surface area contributed by atoms with Gasteiger partial charge < -0.3 is 4.74 Å². The second kappa shape index (κ2) is 8.30. The van der Waals surface area contributed by atoms with E-state index in [4.69, 9.17) is 5.26 Å². The molecule has 0 N–H and O–H groups in total. The van der Waals surface area contributed by atoms with Crippen molar-refractivity contribution in [2.75, 3.05) is 6.61 Å². The Hall–Kier alpha value is -0.703. The van der Waals surface area contributed by atoms with Gasteiger partial charge in [-0.05, 0) is 0 Å². The Bertz CT molecular complexity index is 150. The molecule has 0 amide bonds. The first-order valence-corrected chi connectivity index (χ1v) is 2.47. The van der Waals surface area contributed by atoms with E-state index in [-0.39, 0.29) is 31.9 Å². The molecule has 1 radical (unpaired) electrons. The van der Waals surface area contributed by atoms with Gasteiger partial charge in [0.05, 0.1) is 12.5 Å². The zero-order chi connectivity index (χ0) is 7.11. The zero-order valence-corrected chi connectivity index (χ0v) is 5.96. The summed E-state index contributed by atoms with van der Waals surface area (Å²) < 4.78 is 4.45. The Morgan fingerprint density at radius 1 is 1.80 bits per heavy atom. The maximum Gasteiger partial charge on any atom is 0.330 e. The van der Waals surface area contributed by atoms with E-state index < -0.39 is 5.97 Å². The van der Waals surface area contributed by atoms with Crippen LogP contribution in [0.2, 0.25) is 0 Å². The zero-order valence-electron chi connectivity index (χ0n) is 5.96. The third kappa shape index (κ3) is 7.30. The first-order chi connectivity index (χ1) is 4.31. The summed E-state index contributed by atoms with van der Waals surface area (Å²) in [5, 5.41) is 7.98. The fourth-order valence-corrected chi connectivity index (χ4v) is 0.256. The summed E-state index contributed by atoms with van der Waals surface area (Å²) in [5.41, 5.74) is 0. The summed E-state index contributed by atoms with van der Waals surface area (Å²) in [6.07, 6.45) is 1.30. The minimum absolute atomic E-state index is 0. The molecule has 0 saturated carbocycles. The number of hydrogen-bond acceptors (Lipinski definition) is 3. The molecule has 0 fully saturated rings. The van der Waals surface area contributed by atoms with Gasteiger partial charge in [0.15, 0.2) is 0 Å². The molecule has 0 atom stereocenters. The van der Waals surface area contributed by atoms with Gasteiger partial charge in [-0.25, -0.2) is 4.79 Å². The molecule has 0 spiro atoms. The van der Waals surface area contributed by atoms with Crippen molar-refractivity contribution in [3.8, 4) is 6.07 Å². The summed E-state index contributed by atoms with van der Waals surface area (Å²) in [6.45, 7) is 3.34. The van der Waals surface area contributed by atoms with E-state index in [9.17, 15) is 4.79 Å². The molecule has 10 heavy (non-hydrogen) atoms. The number of carbonyl (C=O) groups excluding carboxylic acids is 1. The van der Waals surface area contributed by atoms with E-state index in [1.54, 1.807) is 0 Å². The number of hydrogen-bond donors (Lipinski definition) is 0. The molecule has 0 aromatic rings. The Balaban J connectivity index is 0. The van der Waals surface area contributed by atoms with E-state index in [2.05, 4.69) is 11.3 Å². The van der Waals surface area contributed by atoms with Crippen LogP contribution in [-0.4, -0.2) is 31.4 Å². The van der Waals surface area contributed by atoms with E-state index >= 15 is 0 Å². The number of nitriles is 1. The molecule has 0 saturated heterocycles. The van der Waals surface area contributed by atoms with Gasteiger partial charge >= 0.3 is 5.97 Å². The molecule has 0 aromatic heterocycles. The second-order valence-electron chi connectivity index (χ2n) is 1.28. The van der Waals surface area contributed by atoms with Gasteiger partial charge in [-0.1, -0.05) is 6.58 Å². The van der Waals surface area contributed by atoms with Crippen LogP contribution < -0.4 is 0 Å². The standard InChI is InChI=1S/C6H7NO2.Li/c1-2-6(8)9-5-3-4-7;/h2H,1,3,5H2;. The molecule has 0 aliphatic heterocycles. The van der Waals surface area contributed by atoms with E-state index in [1.807, 2.05) is 6.07 Å². The van der Waals surface area contributed by atoms with Gasteiger partial charge in [-0.2, -0.15) is 5.26 Å². The maximum atomic E-state index is 10.2. The Labute approximate surface area is 71.8 Å². The van der Waals surface area contributed by atoms with Crippen molar-refractivity contribution in [3.05, 3.63) is 12.7 Å². The average Bonchev–Trinajstić information content (AvgIpc) is 1.89. The molecular formula is C6H7LiNO2. The predicted octanol–water partition coefficient (Wildman–Crippen LogP) is 0.248. The smallest absolute Gasteiger partial charge is 0.330 e. The molecule has 0 rings (SSSR count). The van der Waals surface area contributed by atoms with Gasteiger partial charge in [0.25, 0.3) is 0 Å². The SMILES string of the molecule is C=CC(=O)OCCC#N.[Li]. The van der Waals surface area contributed by atoms with Crippen molar-refractivity contribution in [2.24, 2.45) is 0 Å². The topological polar surface area (TPSA) is 50.1 Å². The van der Waals surface area contributed by atoms with Crippen LogP contribution in [0.3, 0.4) is 0 Å². The molecule has 0 aromatic carbocycles. The maximum absolute atomic E-state index is 10.2. The summed E-state index contributed by atoms with van der Waals surface area (Å²) in [6, 6.07) is 1.84. The van der Waals surface area contributed by atoms with Gasteiger partial charge in [0.1, 0.15) is 6.61 Å². The molecule has 0 bridgehead atoms. The Kier molecular flexibility index (Phi) is 9.97. The minimum atomic E-state index is -0.481. The first kappa shape index (κ1) is 12.0. The van der Waals surface area contributed by atoms with Crippen LogP contribution >= 0.6 is 0 Å². The van der Waals surface area contributed by atoms with E-state index in [0.29, 0.717) is 0 Å².